The maximum absolute atomic E-state index is 13.1. The third-order valence-electron chi connectivity index (χ3n) is 5.95. The molecular formula is C22H25F3N4O. The minimum absolute atomic E-state index is 0.249. The Balaban J connectivity index is 1.56. The Labute approximate surface area is 172 Å². The first-order valence-corrected chi connectivity index (χ1v) is 10.1. The number of hydrogen-bond acceptors (Lipinski definition) is 4. The molecule has 4 rings (SSSR count). The molecule has 1 saturated carbocycles. The second-order valence-electron chi connectivity index (χ2n) is 8.56. The van der Waals surface area contributed by atoms with Crippen molar-refractivity contribution in [1.82, 2.24) is 14.6 Å². The Morgan fingerprint density at radius 3 is 2.50 bits per heavy atom. The minimum atomic E-state index is -4.40. The van der Waals surface area contributed by atoms with Gasteiger partial charge in [0.25, 0.3) is 0 Å². The van der Waals surface area contributed by atoms with Gasteiger partial charge in [0.1, 0.15) is 5.82 Å². The molecule has 0 saturated heterocycles. The lowest BCUT2D eigenvalue weighted by molar-refractivity contribution is -0.137. The Bertz CT molecular complexity index is 1030. The number of anilines is 1. The molecule has 0 bridgehead atoms. The summed E-state index contributed by atoms with van der Waals surface area (Å²) >= 11 is 0. The van der Waals surface area contributed by atoms with Gasteiger partial charge in [0.05, 0.1) is 17.4 Å². The van der Waals surface area contributed by atoms with Gasteiger partial charge >= 0.3 is 6.18 Å². The van der Waals surface area contributed by atoms with Crippen LogP contribution in [-0.2, 0) is 6.18 Å². The van der Waals surface area contributed by atoms with Crippen molar-refractivity contribution >= 4 is 11.5 Å². The predicted molar refractivity (Wildman–Crippen MR) is 109 cm³/mol. The summed E-state index contributed by atoms with van der Waals surface area (Å²) in [6.45, 7) is 3.71. The molecule has 0 aliphatic heterocycles. The fraction of sp³-hybridized carbons (Fsp3) is 0.455. The zero-order valence-corrected chi connectivity index (χ0v) is 16.9. The summed E-state index contributed by atoms with van der Waals surface area (Å²) in [5.74, 6) is 0.955. The van der Waals surface area contributed by atoms with Crippen LogP contribution in [0.4, 0.5) is 19.0 Å². The molecule has 2 N–H and O–H groups in total. The normalized spacial score (nSPS) is 20.5. The van der Waals surface area contributed by atoms with Crippen LogP contribution in [0.15, 0.2) is 42.7 Å². The van der Waals surface area contributed by atoms with E-state index in [1.807, 2.05) is 19.9 Å². The van der Waals surface area contributed by atoms with Crippen LogP contribution in [-0.4, -0.2) is 31.3 Å². The summed E-state index contributed by atoms with van der Waals surface area (Å²) in [7, 11) is 0. The van der Waals surface area contributed by atoms with Gasteiger partial charge in [0.15, 0.2) is 5.65 Å². The molecule has 1 aliphatic carbocycles. The molecule has 3 aromatic rings. The number of aliphatic hydroxyl groups is 1. The van der Waals surface area contributed by atoms with Gasteiger partial charge in [-0.1, -0.05) is 12.1 Å². The lowest BCUT2D eigenvalue weighted by Crippen LogP contribution is -2.37. The molecule has 1 aliphatic rings. The highest BCUT2D eigenvalue weighted by Crippen LogP contribution is 2.35. The van der Waals surface area contributed by atoms with Crippen LogP contribution in [0, 0.1) is 5.92 Å². The van der Waals surface area contributed by atoms with Gasteiger partial charge in [-0.15, -0.1) is 0 Å². The zero-order chi connectivity index (χ0) is 21.5. The monoisotopic (exact) mass is 418 g/mol. The maximum atomic E-state index is 13.1. The van der Waals surface area contributed by atoms with Gasteiger partial charge in [0.2, 0.25) is 0 Å². The van der Waals surface area contributed by atoms with Crippen LogP contribution < -0.4 is 5.32 Å². The van der Waals surface area contributed by atoms with Gasteiger partial charge in [-0.3, -0.25) is 0 Å². The molecule has 0 spiro atoms. The van der Waals surface area contributed by atoms with Crippen LogP contribution in [0.25, 0.3) is 16.8 Å². The molecule has 8 heteroatoms. The molecular weight excluding hydrogens is 393 g/mol. The highest BCUT2D eigenvalue weighted by molar-refractivity contribution is 5.78. The number of halogens is 3. The summed E-state index contributed by atoms with van der Waals surface area (Å²) in [5.41, 5.74) is 0.117. The van der Waals surface area contributed by atoms with Gasteiger partial charge < -0.3 is 10.4 Å². The molecule has 1 fully saturated rings. The Morgan fingerprint density at radius 1 is 1.10 bits per heavy atom. The second-order valence-corrected chi connectivity index (χ2v) is 8.56. The number of nitrogens with one attached hydrogen (secondary N) is 1. The number of nitrogens with zero attached hydrogens (tertiary/aromatic N) is 3. The van der Waals surface area contributed by atoms with E-state index >= 15 is 0 Å². The van der Waals surface area contributed by atoms with Crippen molar-refractivity contribution in [3.63, 3.8) is 0 Å². The number of aromatic nitrogens is 3. The van der Waals surface area contributed by atoms with Gasteiger partial charge in [-0.2, -0.15) is 18.3 Å². The summed E-state index contributed by atoms with van der Waals surface area (Å²) < 4.78 is 40.8. The summed E-state index contributed by atoms with van der Waals surface area (Å²) in [4.78, 5) is 4.62. The molecule has 5 nitrogen and oxygen atoms in total. The van der Waals surface area contributed by atoms with Gasteiger partial charge in [0, 0.05) is 17.8 Å². The smallest absolute Gasteiger partial charge is 0.390 e. The van der Waals surface area contributed by atoms with Crippen molar-refractivity contribution in [1.29, 1.82) is 0 Å². The Morgan fingerprint density at radius 2 is 1.83 bits per heavy atom. The second kappa shape index (κ2) is 7.58. The third kappa shape index (κ3) is 4.28. The SMILES string of the molecule is CC(C)(O)C1CCC(Nc2ccn3ncc(-c4cccc(C(F)(F)F)c4)c3n2)CC1. The largest absolute Gasteiger partial charge is 0.416 e. The zero-order valence-electron chi connectivity index (χ0n) is 16.9. The topological polar surface area (TPSA) is 62.5 Å². The van der Waals surface area contributed by atoms with E-state index in [1.165, 1.54) is 12.3 Å². The molecule has 1 aromatic carbocycles. The standard InChI is InChI=1S/C22H25F3N4O/c1-21(2,30)15-6-8-17(9-7-15)27-19-10-11-29-20(28-19)18(13-26-29)14-4-3-5-16(12-14)22(23,24)25/h3-5,10-13,15,17,30H,6-9H2,1-2H3,(H,27,28). The van der Waals surface area contributed by atoms with E-state index in [0.29, 0.717) is 22.6 Å². The van der Waals surface area contributed by atoms with Gasteiger partial charge in [-0.25, -0.2) is 9.50 Å². The maximum Gasteiger partial charge on any atom is 0.416 e. The summed E-state index contributed by atoms with van der Waals surface area (Å²) in [5, 5.41) is 17.9. The van der Waals surface area contributed by atoms with E-state index in [4.69, 9.17) is 0 Å². The molecule has 160 valence electrons. The minimum Gasteiger partial charge on any atom is -0.390 e. The van der Waals surface area contributed by atoms with E-state index in [-0.39, 0.29) is 12.0 Å². The first kappa shape index (κ1) is 20.7. The first-order chi connectivity index (χ1) is 14.1. The van der Waals surface area contributed by atoms with Crippen molar-refractivity contribution in [2.24, 2.45) is 5.92 Å². The Kier molecular flexibility index (Phi) is 5.22. The van der Waals surface area contributed by atoms with Crippen LogP contribution >= 0.6 is 0 Å². The number of benzene rings is 1. The number of alkyl halides is 3. The molecule has 0 radical (unpaired) electrons. The fourth-order valence-electron chi connectivity index (χ4n) is 4.17. The van der Waals surface area contributed by atoms with E-state index < -0.39 is 17.3 Å². The average Bonchev–Trinajstić information content (AvgIpc) is 3.10. The van der Waals surface area contributed by atoms with E-state index in [2.05, 4.69) is 15.4 Å². The number of fused-ring (bicyclic) bond motifs is 1. The van der Waals surface area contributed by atoms with Crippen molar-refractivity contribution in [2.45, 2.75) is 57.3 Å². The average molecular weight is 418 g/mol. The molecule has 0 atom stereocenters. The first-order valence-electron chi connectivity index (χ1n) is 10.1. The number of rotatable bonds is 4. The number of hydrogen-bond donors (Lipinski definition) is 2. The van der Waals surface area contributed by atoms with Crippen molar-refractivity contribution in [3.05, 3.63) is 48.3 Å². The van der Waals surface area contributed by atoms with Crippen molar-refractivity contribution in [3.8, 4) is 11.1 Å². The van der Waals surface area contributed by atoms with Gasteiger partial charge in [-0.05, 0) is 69.2 Å². The molecule has 0 unspecified atom stereocenters. The highest BCUT2D eigenvalue weighted by atomic mass is 19.4. The van der Waals surface area contributed by atoms with E-state index in [1.54, 1.807) is 16.8 Å². The molecule has 30 heavy (non-hydrogen) atoms. The predicted octanol–water partition coefficient (Wildman–Crippen LogP) is 5.16. The molecule has 2 aromatic heterocycles. The quantitative estimate of drug-likeness (QED) is 0.615. The van der Waals surface area contributed by atoms with Crippen molar-refractivity contribution < 1.29 is 18.3 Å². The lowest BCUT2D eigenvalue weighted by atomic mass is 9.77. The Hall–Kier alpha value is -2.61. The van der Waals surface area contributed by atoms with Crippen LogP contribution in [0.3, 0.4) is 0 Å². The summed E-state index contributed by atoms with van der Waals surface area (Å²) in [6.07, 6.45) is 2.63. The molecule has 2 heterocycles. The van der Waals surface area contributed by atoms with Crippen molar-refractivity contribution in [2.75, 3.05) is 5.32 Å². The third-order valence-corrected chi connectivity index (χ3v) is 5.95. The fourth-order valence-corrected chi connectivity index (χ4v) is 4.17. The van der Waals surface area contributed by atoms with Crippen LogP contribution in [0.5, 0.6) is 0 Å². The highest BCUT2D eigenvalue weighted by Gasteiger charge is 2.32. The molecule has 0 amide bonds. The van der Waals surface area contributed by atoms with Crippen LogP contribution in [0.2, 0.25) is 0 Å². The van der Waals surface area contributed by atoms with E-state index in [9.17, 15) is 18.3 Å². The van der Waals surface area contributed by atoms with E-state index in [0.717, 1.165) is 37.8 Å². The van der Waals surface area contributed by atoms with Crippen LogP contribution in [0.1, 0.15) is 45.1 Å². The summed E-state index contributed by atoms with van der Waals surface area (Å²) in [6, 6.07) is 7.27. The lowest BCUT2D eigenvalue weighted by Gasteiger charge is -2.36.